The van der Waals surface area contributed by atoms with Gasteiger partial charge in [0.15, 0.2) is 5.65 Å². The third kappa shape index (κ3) is 4.84. The fourth-order valence-corrected chi connectivity index (χ4v) is 2.91. The van der Waals surface area contributed by atoms with E-state index in [9.17, 15) is 4.79 Å². The summed E-state index contributed by atoms with van der Waals surface area (Å²) in [6, 6.07) is 12.0. The number of hydrogen-bond acceptors (Lipinski definition) is 3. The predicted octanol–water partition coefficient (Wildman–Crippen LogP) is 3.75. The number of aryl methyl sites for hydroxylation is 1. The van der Waals surface area contributed by atoms with E-state index in [0.717, 1.165) is 29.0 Å². The second-order valence-electron chi connectivity index (χ2n) is 7.16. The van der Waals surface area contributed by atoms with E-state index in [-0.39, 0.29) is 6.03 Å². The van der Waals surface area contributed by atoms with E-state index in [1.165, 1.54) is 5.56 Å². The summed E-state index contributed by atoms with van der Waals surface area (Å²) >= 11 is 0. The van der Waals surface area contributed by atoms with E-state index in [4.69, 9.17) is 4.98 Å². The zero-order valence-corrected chi connectivity index (χ0v) is 16.2. The van der Waals surface area contributed by atoms with Crippen molar-refractivity contribution in [3.05, 3.63) is 48.2 Å². The van der Waals surface area contributed by atoms with Crippen LogP contribution in [0.1, 0.15) is 25.8 Å². The molecular weight excluding hydrogens is 338 g/mol. The number of rotatable bonds is 7. The van der Waals surface area contributed by atoms with Crippen LogP contribution in [0.3, 0.4) is 0 Å². The minimum atomic E-state index is -0.134. The molecule has 0 saturated heterocycles. The van der Waals surface area contributed by atoms with Gasteiger partial charge in [-0.1, -0.05) is 43.7 Å². The molecule has 0 saturated carbocycles. The average Bonchev–Trinajstić information content (AvgIpc) is 3.01. The van der Waals surface area contributed by atoms with Crippen molar-refractivity contribution in [2.75, 3.05) is 13.1 Å². The van der Waals surface area contributed by atoms with Gasteiger partial charge >= 0.3 is 6.03 Å². The Labute approximate surface area is 160 Å². The highest BCUT2D eigenvalue weighted by Gasteiger charge is 2.13. The Morgan fingerprint density at radius 2 is 1.85 bits per heavy atom. The van der Waals surface area contributed by atoms with Crippen molar-refractivity contribution in [1.82, 2.24) is 25.2 Å². The van der Waals surface area contributed by atoms with E-state index in [1.54, 1.807) is 6.20 Å². The van der Waals surface area contributed by atoms with Gasteiger partial charge in [-0.2, -0.15) is 0 Å². The van der Waals surface area contributed by atoms with Crippen molar-refractivity contribution in [1.29, 1.82) is 0 Å². The molecule has 2 aromatic heterocycles. The maximum atomic E-state index is 11.9. The Bertz CT molecular complexity index is 899. The lowest BCUT2D eigenvalue weighted by molar-refractivity contribution is 0.240. The number of hydrogen-bond donors (Lipinski definition) is 2. The molecule has 3 aromatic rings. The Hall–Kier alpha value is -2.89. The van der Waals surface area contributed by atoms with E-state index in [1.807, 2.05) is 12.1 Å². The summed E-state index contributed by atoms with van der Waals surface area (Å²) in [6.45, 7) is 8.15. The molecule has 0 bridgehead atoms. The molecule has 1 aromatic carbocycles. The third-order valence-corrected chi connectivity index (χ3v) is 4.44. The molecule has 0 spiro atoms. The fourth-order valence-electron chi connectivity index (χ4n) is 2.91. The molecule has 0 radical (unpaired) electrons. The highest BCUT2D eigenvalue weighted by atomic mass is 16.2. The zero-order valence-electron chi connectivity index (χ0n) is 16.2. The SMILES string of the molecule is Cc1ccc(-c2nc3cccnc3n2CCNC(=O)NCCC(C)C)cc1. The van der Waals surface area contributed by atoms with E-state index in [0.29, 0.717) is 25.6 Å². The van der Waals surface area contributed by atoms with Crippen molar-refractivity contribution >= 4 is 17.2 Å². The van der Waals surface area contributed by atoms with Crippen LogP contribution in [0.5, 0.6) is 0 Å². The molecule has 2 amide bonds. The fraction of sp³-hybridized carbons (Fsp3) is 0.381. The van der Waals surface area contributed by atoms with Crippen LogP contribution >= 0.6 is 0 Å². The van der Waals surface area contributed by atoms with Gasteiger partial charge in [0.2, 0.25) is 0 Å². The predicted molar refractivity (Wildman–Crippen MR) is 109 cm³/mol. The number of carbonyl (C=O) groups is 1. The second kappa shape index (κ2) is 8.66. The van der Waals surface area contributed by atoms with Crippen molar-refractivity contribution in [2.24, 2.45) is 5.92 Å². The average molecular weight is 365 g/mol. The summed E-state index contributed by atoms with van der Waals surface area (Å²) < 4.78 is 2.06. The minimum absolute atomic E-state index is 0.134. The normalized spacial score (nSPS) is 11.1. The van der Waals surface area contributed by atoms with Gasteiger partial charge < -0.3 is 15.2 Å². The van der Waals surface area contributed by atoms with Gasteiger partial charge in [0.05, 0.1) is 0 Å². The van der Waals surface area contributed by atoms with Crippen LogP contribution < -0.4 is 10.6 Å². The largest absolute Gasteiger partial charge is 0.338 e. The summed E-state index contributed by atoms with van der Waals surface area (Å²) in [5, 5.41) is 5.81. The van der Waals surface area contributed by atoms with E-state index >= 15 is 0 Å². The lowest BCUT2D eigenvalue weighted by Crippen LogP contribution is -2.38. The standard InChI is InChI=1S/C21H27N5O/c1-15(2)10-12-23-21(27)24-13-14-26-19(17-8-6-16(3)7-9-17)25-18-5-4-11-22-20(18)26/h4-9,11,15H,10,12-14H2,1-3H3,(H2,23,24,27). The molecule has 6 heteroatoms. The number of urea groups is 1. The van der Waals surface area contributed by atoms with Crippen LogP contribution in [0.15, 0.2) is 42.6 Å². The van der Waals surface area contributed by atoms with Crippen molar-refractivity contribution < 1.29 is 4.79 Å². The minimum Gasteiger partial charge on any atom is -0.338 e. The Kier molecular flexibility index (Phi) is 6.06. The molecule has 0 unspecified atom stereocenters. The molecule has 3 rings (SSSR count). The molecular formula is C21H27N5O. The van der Waals surface area contributed by atoms with Crippen molar-refractivity contribution in [3.63, 3.8) is 0 Å². The maximum Gasteiger partial charge on any atom is 0.314 e. The number of benzene rings is 1. The summed E-state index contributed by atoms with van der Waals surface area (Å²) in [4.78, 5) is 21.2. The summed E-state index contributed by atoms with van der Waals surface area (Å²) in [6.07, 6.45) is 2.74. The van der Waals surface area contributed by atoms with Gasteiger partial charge in [-0.05, 0) is 31.4 Å². The highest BCUT2D eigenvalue weighted by Crippen LogP contribution is 2.23. The summed E-state index contributed by atoms with van der Waals surface area (Å²) in [5.74, 6) is 1.44. The van der Waals surface area contributed by atoms with E-state index in [2.05, 4.69) is 65.2 Å². The summed E-state index contributed by atoms with van der Waals surface area (Å²) in [5.41, 5.74) is 3.93. The molecule has 0 aliphatic carbocycles. The highest BCUT2D eigenvalue weighted by molar-refractivity contribution is 5.77. The monoisotopic (exact) mass is 365 g/mol. The first-order chi connectivity index (χ1) is 13.0. The Balaban J connectivity index is 1.72. The van der Waals surface area contributed by atoms with Crippen molar-refractivity contribution in [3.8, 4) is 11.4 Å². The van der Waals surface area contributed by atoms with E-state index < -0.39 is 0 Å². The quantitative estimate of drug-likeness (QED) is 0.670. The molecule has 142 valence electrons. The molecule has 0 atom stereocenters. The number of nitrogens with one attached hydrogen (secondary N) is 2. The zero-order chi connectivity index (χ0) is 19.2. The number of amides is 2. The first-order valence-electron chi connectivity index (χ1n) is 9.44. The topological polar surface area (TPSA) is 71.8 Å². The molecule has 0 aliphatic heterocycles. The van der Waals surface area contributed by atoms with Crippen molar-refractivity contribution in [2.45, 2.75) is 33.7 Å². The molecule has 2 heterocycles. The Morgan fingerprint density at radius 1 is 1.11 bits per heavy atom. The van der Waals surface area contributed by atoms with Crippen LogP contribution in [-0.4, -0.2) is 33.7 Å². The Morgan fingerprint density at radius 3 is 2.59 bits per heavy atom. The number of pyridine rings is 1. The van der Waals surface area contributed by atoms with Gasteiger partial charge in [-0.25, -0.2) is 14.8 Å². The lowest BCUT2D eigenvalue weighted by atomic mass is 10.1. The number of carbonyl (C=O) groups excluding carboxylic acids is 1. The molecule has 2 N–H and O–H groups in total. The molecule has 0 aliphatic rings. The van der Waals surface area contributed by atoms with Crippen LogP contribution in [0.2, 0.25) is 0 Å². The number of imidazole rings is 1. The smallest absolute Gasteiger partial charge is 0.314 e. The number of aromatic nitrogens is 3. The number of nitrogens with zero attached hydrogens (tertiary/aromatic N) is 3. The van der Waals surface area contributed by atoms with Gasteiger partial charge in [0.25, 0.3) is 0 Å². The van der Waals surface area contributed by atoms with Crippen LogP contribution in [0.25, 0.3) is 22.6 Å². The lowest BCUT2D eigenvalue weighted by Gasteiger charge is -2.11. The van der Waals surface area contributed by atoms with Crippen LogP contribution in [0.4, 0.5) is 4.79 Å². The first-order valence-corrected chi connectivity index (χ1v) is 9.44. The first kappa shape index (κ1) is 18.9. The van der Waals surface area contributed by atoms with Crippen LogP contribution in [0, 0.1) is 12.8 Å². The summed E-state index contributed by atoms with van der Waals surface area (Å²) in [7, 11) is 0. The van der Waals surface area contributed by atoms with Gasteiger partial charge in [-0.15, -0.1) is 0 Å². The van der Waals surface area contributed by atoms with Gasteiger partial charge in [0.1, 0.15) is 11.3 Å². The van der Waals surface area contributed by atoms with Crippen LogP contribution in [-0.2, 0) is 6.54 Å². The molecule has 6 nitrogen and oxygen atoms in total. The third-order valence-electron chi connectivity index (χ3n) is 4.44. The second-order valence-corrected chi connectivity index (χ2v) is 7.16. The van der Waals surface area contributed by atoms with Gasteiger partial charge in [-0.3, -0.25) is 0 Å². The molecule has 0 fully saturated rings. The van der Waals surface area contributed by atoms with Gasteiger partial charge in [0, 0.05) is 31.4 Å². The molecule has 27 heavy (non-hydrogen) atoms. The number of fused-ring (bicyclic) bond motifs is 1. The maximum absolute atomic E-state index is 11.9.